The SMILES string of the molecule is CC(C)[C@H]1CC[C@@H](C)c2ccc(-c3cccc(-c4ccc5c(n4)[C@@H](C(C)C)CC[C@H]5C)n3)nc21. The van der Waals surface area contributed by atoms with Gasteiger partial charge in [0.05, 0.1) is 22.8 Å². The largest absolute Gasteiger partial charge is 0.251 e. The van der Waals surface area contributed by atoms with Crippen LogP contribution in [0.25, 0.3) is 22.8 Å². The van der Waals surface area contributed by atoms with E-state index >= 15 is 0 Å². The molecule has 0 saturated heterocycles. The summed E-state index contributed by atoms with van der Waals surface area (Å²) in [7, 11) is 0. The third kappa shape index (κ3) is 4.19. The predicted octanol–water partition coefficient (Wildman–Crippen LogP) is 8.48. The van der Waals surface area contributed by atoms with Gasteiger partial charge in [0.25, 0.3) is 0 Å². The molecule has 0 aromatic carbocycles. The van der Waals surface area contributed by atoms with Gasteiger partial charge in [-0.3, -0.25) is 9.97 Å². The van der Waals surface area contributed by atoms with Gasteiger partial charge in [-0.2, -0.15) is 0 Å². The summed E-state index contributed by atoms with van der Waals surface area (Å²) in [5.74, 6) is 3.44. The van der Waals surface area contributed by atoms with E-state index in [4.69, 9.17) is 15.0 Å². The molecule has 2 aliphatic rings. The number of hydrogen-bond donors (Lipinski definition) is 0. The van der Waals surface area contributed by atoms with Crippen molar-refractivity contribution in [2.75, 3.05) is 0 Å². The topological polar surface area (TPSA) is 38.7 Å². The third-order valence-electron chi connectivity index (χ3n) is 8.38. The van der Waals surface area contributed by atoms with Crippen LogP contribution in [0.4, 0.5) is 0 Å². The van der Waals surface area contributed by atoms with Crippen LogP contribution in [0.2, 0.25) is 0 Å². The van der Waals surface area contributed by atoms with Gasteiger partial charge >= 0.3 is 0 Å². The Morgan fingerprint density at radius 1 is 0.559 bits per heavy atom. The molecule has 5 rings (SSSR count). The molecule has 0 spiro atoms. The Bertz CT molecular complexity index is 1090. The quantitative estimate of drug-likeness (QED) is 0.397. The Labute approximate surface area is 205 Å². The number of nitrogens with zero attached hydrogens (tertiary/aromatic N) is 3. The van der Waals surface area contributed by atoms with E-state index in [0.29, 0.717) is 35.5 Å². The van der Waals surface area contributed by atoms with Gasteiger partial charge in [-0.05, 0) is 84.7 Å². The lowest BCUT2D eigenvalue weighted by atomic mass is 9.75. The van der Waals surface area contributed by atoms with Gasteiger partial charge in [0, 0.05) is 23.2 Å². The Kier molecular flexibility index (Phi) is 6.31. The zero-order valence-electron chi connectivity index (χ0n) is 21.7. The van der Waals surface area contributed by atoms with E-state index < -0.39 is 0 Å². The molecular formula is C31H39N3. The van der Waals surface area contributed by atoms with Gasteiger partial charge in [0.2, 0.25) is 0 Å². The molecule has 34 heavy (non-hydrogen) atoms. The highest BCUT2D eigenvalue weighted by atomic mass is 14.8. The molecule has 0 amide bonds. The van der Waals surface area contributed by atoms with Crippen molar-refractivity contribution in [3.63, 3.8) is 0 Å². The minimum absolute atomic E-state index is 0.534. The molecule has 0 N–H and O–H groups in total. The molecule has 4 atom stereocenters. The van der Waals surface area contributed by atoms with Gasteiger partial charge < -0.3 is 0 Å². The van der Waals surface area contributed by atoms with Crippen molar-refractivity contribution in [2.24, 2.45) is 11.8 Å². The maximum atomic E-state index is 5.20. The summed E-state index contributed by atoms with van der Waals surface area (Å²) in [6.45, 7) is 14.0. The monoisotopic (exact) mass is 453 g/mol. The molecule has 0 bridgehead atoms. The maximum Gasteiger partial charge on any atom is 0.0894 e. The molecule has 3 aromatic heterocycles. The molecule has 3 heterocycles. The molecule has 0 radical (unpaired) electrons. The molecular weight excluding hydrogens is 414 g/mol. The van der Waals surface area contributed by atoms with E-state index in [9.17, 15) is 0 Å². The van der Waals surface area contributed by atoms with Crippen LogP contribution in [0.1, 0.15) is 113 Å². The molecule has 0 saturated carbocycles. The van der Waals surface area contributed by atoms with Crippen molar-refractivity contribution in [1.29, 1.82) is 0 Å². The Morgan fingerprint density at radius 3 is 1.38 bits per heavy atom. The van der Waals surface area contributed by atoms with Crippen LogP contribution >= 0.6 is 0 Å². The molecule has 0 aliphatic heterocycles. The molecule has 0 fully saturated rings. The lowest BCUT2D eigenvalue weighted by Crippen LogP contribution is -2.19. The minimum atomic E-state index is 0.534. The first-order valence-corrected chi connectivity index (χ1v) is 13.3. The Morgan fingerprint density at radius 2 is 0.971 bits per heavy atom. The first-order valence-electron chi connectivity index (χ1n) is 13.3. The van der Waals surface area contributed by atoms with E-state index in [1.54, 1.807) is 0 Å². The van der Waals surface area contributed by atoms with Gasteiger partial charge in [-0.25, -0.2) is 4.98 Å². The number of fused-ring (bicyclic) bond motifs is 2. The summed E-state index contributed by atoms with van der Waals surface area (Å²) in [6.07, 6.45) is 4.96. The number of hydrogen-bond acceptors (Lipinski definition) is 3. The zero-order chi connectivity index (χ0) is 24.0. The van der Waals surface area contributed by atoms with E-state index in [2.05, 4.69) is 84.0 Å². The van der Waals surface area contributed by atoms with Gasteiger partial charge in [0.1, 0.15) is 0 Å². The predicted molar refractivity (Wildman–Crippen MR) is 141 cm³/mol. The van der Waals surface area contributed by atoms with E-state index in [-0.39, 0.29) is 0 Å². The second-order valence-corrected chi connectivity index (χ2v) is 11.4. The molecule has 3 heteroatoms. The van der Waals surface area contributed by atoms with Crippen molar-refractivity contribution >= 4 is 0 Å². The van der Waals surface area contributed by atoms with E-state index in [1.807, 2.05) is 0 Å². The second kappa shape index (κ2) is 9.24. The highest BCUT2D eigenvalue weighted by molar-refractivity contribution is 5.63. The van der Waals surface area contributed by atoms with Crippen molar-refractivity contribution in [3.05, 3.63) is 65.0 Å². The lowest BCUT2D eigenvalue weighted by Gasteiger charge is -2.31. The minimum Gasteiger partial charge on any atom is -0.251 e. The van der Waals surface area contributed by atoms with Crippen LogP contribution < -0.4 is 0 Å². The fraction of sp³-hybridized carbons (Fsp3) is 0.516. The molecule has 3 aromatic rings. The first-order chi connectivity index (χ1) is 16.3. The molecule has 0 unspecified atom stereocenters. The average Bonchev–Trinajstić information content (AvgIpc) is 2.83. The number of aromatic nitrogens is 3. The van der Waals surface area contributed by atoms with Crippen LogP contribution in [0.15, 0.2) is 42.5 Å². The van der Waals surface area contributed by atoms with Crippen molar-refractivity contribution < 1.29 is 0 Å². The highest BCUT2D eigenvalue weighted by Gasteiger charge is 2.30. The number of rotatable bonds is 4. The fourth-order valence-corrected chi connectivity index (χ4v) is 6.15. The third-order valence-corrected chi connectivity index (χ3v) is 8.38. The second-order valence-electron chi connectivity index (χ2n) is 11.4. The molecule has 178 valence electrons. The van der Waals surface area contributed by atoms with Crippen LogP contribution in [0.5, 0.6) is 0 Å². The lowest BCUT2D eigenvalue weighted by molar-refractivity contribution is 0.401. The van der Waals surface area contributed by atoms with Crippen LogP contribution in [0.3, 0.4) is 0 Å². The van der Waals surface area contributed by atoms with Gasteiger partial charge in [0.15, 0.2) is 0 Å². The molecule has 3 nitrogen and oxygen atoms in total. The Balaban J connectivity index is 1.53. The Hall–Kier alpha value is -2.55. The summed E-state index contributed by atoms with van der Waals surface area (Å²) < 4.78 is 0. The average molecular weight is 454 g/mol. The standard InChI is InChI=1S/C31H39N3/c1-18(2)22-12-10-20(5)24-14-16-28(33-30(22)24)26-8-7-9-27(32-26)29-17-15-25-21(6)11-13-23(19(3)4)31(25)34-29/h7-9,14-23H,10-13H2,1-6H3/t20-,21-,22-,23-/m1/s1. The molecule has 2 aliphatic carbocycles. The van der Waals surface area contributed by atoms with Gasteiger partial charge in [-0.15, -0.1) is 0 Å². The summed E-state index contributed by atoms with van der Waals surface area (Å²) >= 11 is 0. The first kappa shape index (κ1) is 23.2. The van der Waals surface area contributed by atoms with Crippen LogP contribution in [-0.2, 0) is 0 Å². The van der Waals surface area contributed by atoms with E-state index in [1.165, 1.54) is 48.2 Å². The van der Waals surface area contributed by atoms with Crippen molar-refractivity contribution in [2.45, 2.75) is 90.9 Å². The smallest absolute Gasteiger partial charge is 0.0894 e. The van der Waals surface area contributed by atoms with E-state index in [0.717, 1.165) is 22.8 Å². The van der Waals surface area contributed by atoms with Gasteiger partial charge in [-0.1, -0.05) is 59.7 Å². The maximum absolute atomic E-state index is 5.20. The van der Waals surface area contributed by atoms with Crippen molar-refractivity contribution in [1.82, 2.24) is 15.0 Å². The normalized spacial score (nSPS) is 24.2. The number of pyridine rings is 3. The summed E-state index contributed by atoms with van der Waals surface area (Å²) in [4.78, 5) is 15.5. The van der Waals surface area contributed by atoms with Crippen LogP contribution in [0, 0.1) is 11.8 Å². The van der Waals surface area contributed by atoms with Crippen molar-refractivity contribution in [3.8, 4) is 22.8 Å². The summed E-state index contributed by atoms with van der Waals surface area (Å²) in [5, 5.41) is 0. The summed E-state index contributed by atoms with van der Waals surface area (Å²) in [6, 6.07) is 15.2. The summed E-state index contributed by atoms with van der Waals surface area (Å²) in [5.41, 5.74) is 9.27. The zero-order valence-corrected chi connectivity index (χ0v) is 21.7. The highest BCUT2D eigenvalue weighted by Crippen LogP contribution is 2.43. The fourth-order valence-electron chi connectivity index (χ4n) is 6.15. The van der Waals surface area contributed by atoms with Crippen LogP contribution in [-0.4, -0.2) is 15.0 Å².